The number of hydrogen-bond acceptors (Lipinski definition) is 17. The first kappa shape index (κ1) is 49.1. The maximum atomic E-state index is 12.2. The van der Waals surface area contributed by atoms with Crippen molar-refractivity contribution < 1.29 is 71.3 Å². The van der Waals surface area contributed by atoms with E-state index in [1.165, 1.54) is 6.33 Å². The van der Waals surface area contributed by atoms with E-state index in [1.54, 1.807) is 26.1 Å². The molecule has 58 heavy (non-hydrogen) atoms. The fourth-order valence-electron chi connectivity index (χ4n) is 4.35. The van der Waals surface area contributed by atoms with Crippen LogP contribution >= 0.6 is 7.82 Å². The summed E-state index contributed by atoms with van der Waals surface area (Å²) in [5.41, 5.74) is 2.62. The number of amides is 3. The zero-order chi connectivity index (χ0) is 42.4. The van der Waals surface area contributed by atoms with E-state index in [9.17, 15) is 38.5 Å². The first-order valence-electron chi connectivity index (χ1n) is 18.4. The van der Waals surface area contributed by atoms with Gasteiger partial charge in [-0.15, -0.1) is 0 Å². The Morgan fingerprint density at radius 2 is 1.50 bits per heavy atom. The van der Waals surface area contributed by atoms with Gasteiger partial charge in [0.05, 0.1) is 38.7 Å². The molecule has 5 N–H and O–H groups in total. The summed E-state index contributed by atoms with van der Waals surface area (Å²) in [6.45, 7) is 1.97. The SMILES string of the molecule is CCC(=O)OCC(COP(=O)(O)OCCNC(=O)OCCOCCNC(=O)COCC(=O)NCCN(CCO)c1ccc(/C=C/c2ccncn2)cc1)OC(=O)CC. The number of benzene rings is 1. The summed E-state index contributed by atoms with van der Waals surface area (Å²) in [5, 5.41) is 17.1. The highest BCUT2D eigenvalue weighted by Gasteiger charge is 2.26. The number of carbonyl (C=O) groups excluding carboxylic acids is 5. The zero-order valence-corrected chi connectivity index (χ0v) is 33.5. The first-order valence-corrected chi connectivity index (χ1v) is 19.9. The number of aromatic nitrogens is 2. The van der Waals surface area contributed by atoms with Gasteiger partial charge in [0.25, 0.3) is 0 Å². The van der Waals surface area contributed by atoms with Crippen LogP contribution in [0.1, 0.15) is 37.9 Å². The van der Waals surface area contributed by atoms with Gasteiger partial charge in [0.1, 0.15) is 32.8 Å². The van der Waals surface area contributed by atoms with E-state index in [4.69, 9.17) is 32.7 Å². The fourth-order valence-corrected chi connectivity index (χ4v) is 5.10. The van der Waals surface area contributed by atoms with E-state index in [-0.39, 0.29) is 78.7 Å². The van der Waals surface area contributed by atoms with Gasteiger partial charge >= 0.3 is 25.9 Å². The molecule has 0 bridgehead atoms. The van der Waals surface area contributed by atoms with Crippen LogP contribution in [-0.4, -0.2) is 148 Å². The lowest BCUT2D eigenvalue weighted by atomic mass is 10.1. The maximum Gasteiger partial charge on any atom is 0.472 e. The number of aliphatic hydroxyl groups is 1. The Labute approximate surface area is 336 Å². The molecule has 0 aliphatic heterocycles. The minimum atomic E-state index is -4.61. The average Bonchev–Trinajstić information content (AvgIpc) is 3.22. The van der Waals surface area contributed by atoms with Gasteiger partial charge in [-0.25, -0.2) is 19.3 Å². The molecule has 2 atom stereocenters. The Hall–Kier alpha value is -5.02. The van der Waals surface area contributed by atoms with Crippen molar-refractivity contribution in [3.8, 4) is 0 Å². The van der Waals surface area contributed by atoms with Gasteiger partial charge in [-0.2, -0.15) is 0 Å². The molecule has 3 amide bonds. The van der Waals surface area contributed by atoms with Gasteiger partial charge in [0, 0.05) is 57.4 Å². The largest absolute Gasteiger partial charge is 0.472 e. The number of nitrogens with zero attached hydrogens (tertiary/aromatic N) is 3. The van der Waals surface area contributed by atoms with Crippen molar-refractivity contribution in [3.05, 3.63) is 54.1 Å². The van der Waals surface area contributed by atoms with E-state index in [0.717, 1.165) is 16.9 Å². The lowest BCUT2D eigenvalue weighted by Crippen LogP contribution is -2.38. The summed E-state index contributed by atoms with van der Waals surface area (Å²) >= 11 is 0. The van der Waals surface area contributed by atoms with Gasteiger partial charge in [0.15, 0.2) is 6.10 Å². The first-order chi connectivity index (χ1) is 27.9. The van der Waals surface area contributed by atoms with Crippen molar-refractivity contribution in [1.82, 2.24) is 25.9 Å². The topological polar surface area (TPSA) is 273 Å². The minimum absolute atomic E-state index is 0.0107. The summed E-state index contributed by atoms with van der Waals surface area (Å²) < 4.78 is 47.0. The molecule has 0 spiro atoms. The van der Waals surface area contributed by atoms with Gasteiger partial charge in [0.2, 0.25) is 11.8 Å². The van der Waals surface area contributed by atoms with Crippen molar-refractivity contribution >= 4 is 55.5 Å². The quantitative estimate of drug-likeness (QED) is 0.0316. The smallest absolute Gasteiger partial charge is 0.462 e. The Kier molecular flexibility index (Phi) is 24.8. The van der Waals surface area contributed by atoms with Crippen molar-refractivity contribution in [2.45, 2.75) is 32.8 Å². The Balaban J connectivity index is 1.49. The molecule has 21 nitrogen and oxygen atoms in total. The number of hydrogen-bond donors (Lipinski definition) is 5. The third-order valence-electron chi connectivity index (χ3n) is 7.23. The molecule has 2 aromatic rings. The van der Waals surface area contributed by atoms with E-state index < -0.39 is 57.0 Å². The van der Waals surface area contributed by atoms with Crippen LogP contribution in [0.15, 0.2) is 42.9 Å². The second-order valence-electron chi connectivity index (χ2n) is 11.7. The van der Waals surface area contributed by atoms with Crippen molar-refractivity contribution in [2.24, 2.45) is 0 Å². The van der Waals surface area contributed by atoms with E-state index >= 15 is 0 Å². The summed E-state index contributed by atoms with van der Waals surface area (Å²) in [5.74, 6) is -2.06. The molecule has 0 saturated heterocycles. The number of nitrogens with one attached hydrogen (secondary N) is 3. The third-order valence-corrected chi connectivity index (χ3v) is 8.22. The minimum Gasteiger partial charge on any atom is -0.462 e. The standard InChI is InChI=1S/C36H53N6O15P/c1-3-34(46)54-23-31(57-35(47)4-2)24-56-58(49,50)55-20-15-40-36(48)53-22-21-51-19-14-39-33(45)26-52-25-32(44)38-13-16-42(17-18-43)30-9-6-28(7-10-30)5-8-29-11-12-37-27-41-29/h5-12,27,31,43H,3-4,13-26H2,1-2H3,(H,38,44)(H,39,45)(H,40,48)(H,49,50)/b8-5+. The van der Waals surface area contributed by atoms with E-state index in [1.807, 2.05) is 41.3 Å². The molecule has 2 rings (SSSR count). The molecule has 1 aromatic carbocycles. The van der Waals surface area contributed by atoms with Crippen LogP contribution in [-0.2, 0) is 56.5 Å². The Bertz CT molecular complexity index is 1600. The van der Waals surface area contributed by atoms with Crippen molar-refractivity contribution in [3.63, 3.8) is 0 Å². The fraction of sp³-hybridized carbons (Fsp3) is 0.528. The van der Waals surface area contributed by atoms with Crippen molar-refractivity contribution in [1.29, 1.82) is 0 Å². The lowest BCUT2D eigenvalue weighted by Gasteiger charge is -2.24. The molecule has 0 saturated carbocycles. The number of aliphatic hydroxyl groups excluding tert-OH is 1. The molecule has 0 fully saturated rings. The highest BCUT2D eigenvalue weighted by Crippen LogP contribution is 2.43. The molecule has 1 aromatic heterocycles. The molecule has 1 heterocycles. The van der Waals surface area contributed by atoms with Crippen LogP contribution < -0.4 is 20.9 Å². The predicted molar refractivity (Wildman–Crippen MR) is 207 cm³/mol. The summed E-state index contributed by atoms with van der Waals surface area (Å²) in [6, 6.07) is 9.52. The van der Waals surface area contributed by atoms with Gasteiger partial charge in [-0.05, 0) is 29.8 Å². The van der Waals surface area contributed by atoms with Crippen LogP contribution in [0.5, 0.6) is 0 Å². The Morgan fingerprint density at radius 3 is 2.17 bits per heavy atom. The average molecular weight is 841 g/mol. The van der Waals surface area contributed by atoms with Crippen molar-refractivity contribution in [2.75, 3.05) is 97.1 Å². The number of phosphoric acid groups is 1. The van der Waals surface area contributed by atoms with Crippen LogP contribution in [0.25, 0.3) is 12.2 Å². The molecule has 2 unspecified atom stereocenters. The molecule has 0 aliphatic carbocycles. The number of carbonyl (C=O) groups is 5. The van der Waals surface area contributed by atoms with Crippen LogP contribution in [0, 0.1) is 0 Å². The number of anilines is 1. The molecular weight excluding hydrogens is 787 g/mol. The molecular formula is C36H53N6O15P. The molecule has 22 heteroatoms. The van der Waals surface area contributed by atoms with Gasteiger partial charge in [-0.1, -0.05) is 32.1 Å². The van der Waals surface area contributed by atoms with Gasteiger partial charge < -0.3 is 54.5 Å². The molecule has 0 aliphatic rings. The number of esters is 2. The number of alkyl carbamates (subject to hydrolysis) is 1. The maximum absolute atomic E-state index is 12.2. The highest BCUT2D eigenvalue weighted by molar-refractivity contribution is 7.47. The van der Waals surface area contributed by atoms with E-state index in [0.29, 0.717) is 13.1 Å². The third kappa shape index (κ3) is 23.3. The molecule has 0 radical (unpaired) electrons. The summed E-state index contributed by atoms with van der Waals surface area (Å²) in [4.78, 5) is 78.8. The number of ether oxygens (including phenoxy) is 5. The van der Waals surface area contributed by atoms with E-state index in [2.05, 4.69) is 25.9 Å². The predicted octanol–water partition coefficient (Wildman–Crippen LogP) is 0.846. The Morgan fingerprint density at radius 1 is 0.793 bits per heavy atom. The van der Waals surface area contributed by atoms with Crippen LogP contribution in [0.4, 0.5) is 10.5 Å². The zero-order valence-electron chi connectivity index (χ0n) is 32.6. The summed E-state index contributed by atoms with van der Waals surface area (Å²) in [6.07, 6.45) is 5.08. The monoisotopic (exact) mass is 840 g/mol. The normalized spacial score (nSPS) is 12.6. The molecule has 322 valence electrons. The van der Waals surface area contributed by atoms with Crippen LogP contribution in [0.2, 0.25) is 0 Å². The van der Waals surface area contributed by atoms with Crippen LogP contribution in [0.3, 0.4) is 0 Å². The number of phosphoric ester groups is 1. The second-order valence-corrected chi connectivity index (χ2v) is 13.2. The second kappa shape index (κ2) is 29.2. The highest BCUT2D eigenvalue weighted by atomic mass is 31.2. The summed E-state index contributed by atoms with van der Waals surface area (Å²) in [7, 11) is -4.61. The number of rotatable bonds is 30. The van der Waals surface area contributed by atoms with Gasteiger partial charge in [-0.3, -0.25) is 28.2 Å². The lowest BCUT2D eigenvalue weighted by molar-refractivity contribution is -0.160.